The average molecular weight is 284 g/mol. The molecule has 1 aromatic rings. The van der Waals surface area contributed by atoms with Gasteiger partial charge in [0.25, 0.3) is 0 Å². The summed E-state index contributed by atoms with van der Waals surface area (Å²) in [6, 6.07) is 7.35. The molecule has 0 radical (unpaired) electrons. The van der Waals surface area contributed by atoms with Crippen molar-refractivity contribution < 1.29 is 13.2 Å². The van der Waals surface area contributed by atoms with E-state index in [4.69, 9.17) is 10.5 Å². The standard InChI is InChI=1S/C13H20N2O3S/c14-7-12-3-1-2-4-13(12)10-19(16,17)15-8-11-5-6-18-9-11/h1-4,11,15H,5-10,14H2. The summed E-state index contributed by atoms with van der Waals surface area (Å²) in [5.74, 6) is 0.271. The van der Waals surface area contributed by atoms with Gasteiger partial charge in [0.1, 0.15) is 0 Å². The molecule has 5 nitrogen and oxygen atoms in total. The first kappa shape index (κ1) is 14.5. The van der Waals surface area contributed by atoms with Crippen LogP contribution in [0.15, 0.2) is 24.3 Å². The number of rotatable bonds is 6. The van der Waals surface area contributed by atoms with Crippen LogP contribution in [0.2, 0.25) is 0 Å². The summed E-state index contributed by atoms with van der Waals surface area (Å²) in [7, 11) is -3.32. The van der Waals surface area contributed by atoms with Gasteiger partial charge in [-0.3, -0.25) is 0 Å². The minimum absolute atomic E-state index is 0.0199. The van der Waals surface area contributed by atoms with E-state index in [1.54, 1.807) is 6.07 Å². The molecule has 1 aliphatic heterocycles. The zero-order valence-electron chi connectivity index (χ0n) is 10.8. The van der Waals surface area contributed by atoms with E-state index in [9.17, 15) is 8.42 Å². The number of sulfonamides is 1. The maximum absolute atomic E-state index is 12.0. The Labute approximate surface area is 114 Å². The summed E-state index contributed by atoms with van der Waals surface area (Å²) in [5, 5.41) is 0. The Morgan fingerprint density at radius 3 is 2.68 bits per heavy atom. The van der Waals surface area contributed by atoms with Crippen LogP contribution in [0.3, 0.4) is 0 Å². The Bertz CT molecular complexity index is 510. The molecule has 0 amide bonds. The van der Waals surface area contributed by atoms with Crippen molar-refractivity contribution in [1.82, 2.24) is 4.72 Å². The van der Waals surface area contributed by atoms with Gasteiger partial charge in [-0.05, 0) is 23.5 Å². The minimum Gasteiger partial charge on any atom is -0.381 e. The lowest BCUT2D eigenvalue weighted by molar-refractivity contribution is 0.186. The molecule has 1 atom stereocenters. The Kier molecular flexibility index (Phi) is 4.93. The normalized spacial score (nSPS) is 19.7. The highest BCUT2D eigenvalue weighted by molar-refractivity contribution is 7.88. The van der Waals surface area contributed by atoms with Crippen molar-refractivity contribution in [2.24, 2.45) is 11.7 Å². The number of benzene rings is 1. The van der Waals surface area contributed by atoms with Gasteiger partial charge < -0.3 is 10.5 Å². The summed E-state index contributed by atoms with van der Waals surface area (Å²) < 4.78 is 31.9. The highest BCUT2D eigenvalue weighted by Crippen LogP contribution is 2.14. The average Bonchev–Trinajstić information content (AvgIpc) is 2.90. The largest absolute Gasteiger partial charge is 0.381 e. The first-order chi connectivity index (χ1) is 9.11. The van der Waals surface area contributed by atoms with E-state index >= 15 is 0 Å². The molecule has 6 heteroatoms. The maximum Gasteiger partial charge on any atom is 0.215 e. The molecule has 1 aliphatic rings. The Balaban J connectivity index is 1.96. The van der Waals surface area contributed by atoms with Crippen LogP contribution in [0.25, 0.3) is 0 Å². The van der Waals surface area contributed by atoms with Gasteiger partial charge in [-0.25, -0.2) is 13.1 Å². The second kappa shape index (κ2) is 6.47. The molecule has 1 aromatic carbocycles. The molecule has 0 saturated carbocycles. The monoisotopic (exact) mass is 284 g/mol. The highest BCUT2D eigenvalue weighted by Gasteiger charge is 2.19. The van der Waals surface area contributed by atoms with Gasteiger partial charge >= 0.3 is 0 Å². The summed E-state index contributed by atoms with van der Waals surface area (Å²) in [4.78, 5) is 0. The molecule has 0 spiro atoms. The number of nitrogens with two attached hydrogens (primary N) is 1. The van der Waals surface area contributed by atoms with Crippen LogP contribution in [-0.2, 0) is 27.1 Å². The fourth-order valence-corrected chi connectivity index (χ4v) is 3.43. The van der Waals surface area contributed by atoms with Gasteiger partial charge in [-0.2, -0.15) is 0 Å². The van der Waals surface area contributed by atoms with E-state index in [0.29, 0.717) is 25.6 Å². The van der Waals surface area contributed by atoms with E-state index < -0.39 is 10.0 Å². The van der Waals surface area contributed by atoms with Crippen LogP contribution in [0.4, 0.5) is 0 Å². The van der Waals surface area contributed by atoms with Crippen molar-refractivity contribution in [2.45, 2.75) is 18.7 Å². The third kappa shape index (κ3) is 4.28. The van der Waals surface area contributed by atoms with Gasteiger partial charge in [0.05, 0.1) is 12.4 Å². The molecule has 19 heavy (non-hydrogen) atoms. The molecule has 1 saturated heterocycles. The van der Waals surface area contributed by atoms with Gasteiger partial charge in [-0.1, -0.05) is 24.3 Å². The Morgan fingerprint density at radius 1 is 1.32 bits per heavy atom. The molecule has 1 fully saturated rings. The predicted octanol–water partition coefficient (Wildman–Crippen LogP) is 0.601. The van der Waals surface area contributed by atoms with Gasteiger partial charge in [0.15, 0.2) is 0 Å². The highest BCUT2D eigenvalue weighted by atomic mass is 32.2. The van der Waals surface area contributed by atoms with E-state index in [1.807, 2.05) is 18.2 Å². The fourth-order valence-electron chi connectivity index (χ4n) is 2.14. The van der Waals surface area contributed by atoms with Crippen LogP contribution in [-0.4, -0.2) is 28.2 Å². The van der Waals surface area contributed by atoms with Crippen molar-refractivity contribution in [2.75, 3.05) is 19.8 Å². The number of hydrogen-bond acceptors (Lipinski definition) is 4. The Morgan fingerprint density at radius 2 is 2.05 bits per heavy atom. The molecule has 106 valence electrons. The van der Waals surface area contributed by atoms with Crippen molar-refractivity contribution in [3.63, 3.8) is 0 Å². The molecule has 3 N–H and O–H groups in total. The van der Waals surface area contributed by atoms with Crippen LogP contribution < -0.4 is 10.5 Å². The van der Waals surface area contributed by atoms with Crippen molar-refractivity contribution >= 4 is 10.0 Å². The lowest BCUT2D eigenvalue weighted by atomic mass is 10.1. The third-order valence-corrected chi connectivity index (χ3v) is 4.60. The van der Waals surface area contributed by atoms with Crippen LogP contribution in [0.5, 0.6) is 0 Å². The molecule has 1 unspecified atom stereocenters. The molecule has 1 heterocycles. The van der Waals surface area contributed by atoms with Crippen LogP contribution >= 0.6 is 0 Å². The molecule has 0 bridgehead atoms. The molecular formula is C13H20N2O3S. The fraction of sp³-hybridized carbons (Fsp3) is 0.538. The number of nitrogens with one attached hydrogen (secondary N) is 1. The van der Waals surface area contributed by atoms with E-state index in [1.165, 1.54) is 0 Å². The van der Waals surface area contributed by atoms with Crippen molar-refractivity contribution in [1.29, 1.82) is 0 Å². The molecule has 0 aromatic heterocycles. The zero-order chi connectivity index (χ0) is 13.7. The molecule has 2 rings (SSSR count). The third-order valence-electron chi connectivity index (χ3n) is 3.30. The lowest BCUT2D eigenvalue weighted by Crippen LogP contribution is -2.31. The topological polar surface area (TPSA) is 81.4 Å². The van der Waals surface area contributed by atoms with Crippen LogP contribution in [0.1, 0.15) is 17.5 Å². The van der Waals surface area contributed by atoms with Crippen molar-refractivity contribution in [3.05, 3.63) is 35.4 Å². The van der Waals surface area contributed by atoms with Gasteiger partial charge in [0, 0.05) is 19.7 Å². The zero-order valence-corrected chi connectivity index (χ0v) is 11.7. The summed E-state index contributed by atoms with van der Waals surface area (Å²) in [6.45, 7) is 2.17. The summed E-state index contributed by atoms with van der Waals surface area (Å²) >= 11 is 0. The lowest BCUT2D eigenvalue weighted by Gasteiger charge is -2.12. The smallest absolute Gasteiger partial charge is 0.215 e. The minimum atomic E-state index is -3.32. The van der Waals surface area contributed by atoms with E-state index in [2.05, 4.69) is 4.72 Å². The SMILES string of the molecule is NCc1ccccc1CS(=O)(=O)NCC1CCOC1. The second-order valence-corrected chi connectivity index (χ2v) is 6.62. The first-order valence-corrected chi connectivity index (χ1v) is 8.08. The maximum atomic E-state index is 12.0. The Hall–Kier alpha value is -0.950. The van der Waals surface area contributed by atoms with Crippen molar-refractivity contribution in [3.8, 4) is 0 Å². The van der Waals surface area contributed by atoms with E-state index in [-0.39, 0.29) is 5.75 Å². The predicted molar refractivity (Wildman–Crippen MR) is 73.9 cm³/mol. The quantitative estimate of drug-likeness (QED) is 0.801. The number of hydrogen-bond donors (Lipinski definition) is 2. The molecule has 0 aliphatic carbocycles. The first-order valence-electron chi connectivity index (χ1n) is 6.42. The van der Waals surface area contributed by atoms with E-state index in [0.717, 1.165) is 24.2 Å². The summed E-state index contributed by atoms with van der Waals surface area (Å²) in [6.07, 6.45) is 0.919. The second-order valence-electron chi connectivity index (χ2n) is 4.81. The van der Waals surface area contributed by atoms with Gasteiger partial charge in [-0.15, -0.1) is 0 Å². The molecular weight excluding hydrogens is 264 g/mol. The van der Waals surface area contributed by atoms with Gasteiger partial charge in [0.2, 0.25) is 10.0 Å². The van der Waals surface area contributed by atoms with Crippen LogP contribution in [0, 0.1) is 5.92 Å². The summed E-state index contributed by atoms with van der Waals surface area (Å²) in [5.41, 5.74) is 7.25. The number of ether oxygens (including phenoxy) is 1.